The van der Waals surface area contributed by atoms with Crippen LogP contribution in [0.2, 0.25) is 0 Å². The molecule has 1 atom stereocenters. The molecule has 1 aromatic carbocycles. The molecule has 0 bridgehead atoms. The third-order valence-electron chi connectivity index (χ3n) is 7.08. The van der Waals surface area contributed by atoms with E-state index in [0.717, 1.165) is 31.5 Å². The maximum absolute atomic E-state index is 13.1. The first-order chi connectivity index (χ1) is 13.4. The number of benzene rings is 1. The molecule has 7 nitrogen and oxygen atoms in total. The Morgan fingerprint density at radius 2 is 1.64 bits per heavy atom. The van der Waals surface area contributed by atoms with Crippen LogP contribution in [0, 0.1) is 10.8 Å². The SMILES string of the molecule is CC(=O)N1CC2(CCN(C(=O)Nc3ccccc3)CC2)C2(CCN(C)C2=O)C1. The summed E-state index contributed by atoms with van der Waals surface area (Å²) in [6.07, 6.45) is 2.29. The standard InChI is InChI=1S/C21H28N4O3/c1-16(26)25-14-20(21(15-25)10-11-23(2)18(21)27)8-12-24(13-9-20)19(28)22-17-6-4-3-5-7-17/h3-7H,8-15H2,1-2H3,(H,22,28). The van der Waals surface area contributed by atoms with Crippen molar-refractivity contribution < 1.29 is 14.4 Å². The molecule has 0 aliphatic carbocycles. The molecule has 0 aromatic heterocycles. The summed E-state index contributed by atoms with van der Waals surface area (Å²) in [6, 6.07) is 9.33. The van der Waals surface area contributed by atoms with Crippen LogP contribution >= 0.6 is 0 Å². The third kappa shape index (κ3) is 2.84. The fourth-order valence-electron chi connectivity index (χ4n) is 5.36. The van der Waals surface area contributed by atoms with Crippen molar-refractivity contribution in [1.29, 1.82) is 0 Å². The Morgan fingerprint density at radius 1 is 0.964 bits per heavy atom. The van der Waals surface area contributed by atoms with E-state index in [1.54, 1.807) is 11.8 Å². The van der Waals surface area contributed by atoms with Crippen LogP contribution in [0.25, 0.3) is 0 Å². The van der Waals surface area contributed by atoms with Gasteiger partial charge in [-0.15, -0.1) is 0 Å². The number of urea groups is 1. The lowest BCUT2D eigenvalue weighted by Crippen LogP contribution is -2.54. The Labute approximate surface area is 165 Å². The summed E-state index contributed by atoms with van der Waals surface area (Å²) in [5.74, 6) is 0.196. The highest BCUT2D eigenvalue weighted by molar-refractivity contribution is 5.90. The number of amides is 4. The molecule has 1 aromatic rings. The molecule has 3 saturated heterocycles. The smallest absolute Gasteiger partial charge is 0.321 e. The van der Waals surface area contributed by atoms with E-state index >= 15 is 0 Å². The largest absolute Gasteiger partial charge is 0.345 e. The van der Waals surface area contributed by atoms with Crippen LogP contribution in [0.5, 0.6) is 0 Å². The first-order valence-corrected chi connectivity index (χ1v) is 9.99. The Hall–Kier alpha value is -2.57. The van der Waals surface area contributed by atoms with Crippen molar-refractivity contribution in [2.75, 3.05) is 45.1 Å². The molecule has 1 N–H and O–H groups in total. The van der Waals surface area contributed by atoms with Crippen LogP contribution in [0.1, 0.15) is 26.2 Å². The molecular weight excluding hydrogens is 356 g/mol. The Balaban J connectivity index is 1.50. The number of likely N-dealkylation sites (tertiary alicyclic amines) is 3. The van der Waals surface area contributed by atoms with Gasteiger partial charge in [0.15, 0.2) is 0 Å². The molecule has 4 rings (SSSR count). The highest BCUT2D eigenvalue weighted by Crippen LogP contribution is 2.57. The summed E-state index contributed by atoms with van der Waals surface area (Å²) in [6.45, 7) is 4.66. The van der Waals surface area contributed by atoms with E-state index in [1.807, 2.05) is 47.2 Å². The highest BCUT2D eigenvalue weighted by atomic mass is 16.2. The van der Waals surface area contributed by atoms with Gasteiger partial charge in [-0.3, -0.25) is 9.59 Å². The quantitative estimate of drug-likeness (QED) is 0.805. The molecule has 28 heavy (non-hydrogen) atoms. The van der Waals surface area contributed by atoms with Gasteiger partial charge in [-0.1, -0.05) is 18.2 Å². The van der Waals surface area contributed by atoms with Crippen LogP contribution in [0.4, 0.5) is 10.5 Å². The summed E-state index contributed by atoms with van der Waals surface area (Å²) >= 11 is 0. The summed E-state index contributed by atoms with van der Waals surface area (Å²) in [4.78, 5) is 43.3. The van der Waals surface area contributed by atoms with Gasteiger partial charge in [0.25, 0.3) is 0 Å². The van der Waals surface area contributed by atoms with Gasteiger partial charge in [-0.2, -0.15) is 0 Å². The number of hydrogen-bond donors (Lipinski definition) is 1. The monoisotopic (exact) mass is 384 g/mol. The number of nitrogens with zero attached hydrogens (tertiary/aromatic N) is 3. The van der Waals surface area contributed by atoms with Crippen molar-refractivity contribution >= 4 is 23.5 Å². The average molecular weight is 384 g/mol. The molecule has 3 heterocycles. The molecule has 0 saturated carbocycles. The number of carbonyl (C=O) groups excluding carboxylic acids is 3. The van der Waals surface area contributed by atoms with E-state index < -0.39 is 5.41 Å². The Bertz CT molecular complexity index is 788. The molecule has 1 unspecified atom stereocenters. The minimum absolute atomic E-state index is 0.0304. The van der Waals surface area contributed by atoms with Crippen LogP contribution in [0.3, 0.4) is 0 Å². The number of anilines is 1. The maximum Gasteiger partial charge on any atom is 0.321 e. The minimum atomic E-state index is -0.491. The van der Waals surface area contributed by atoms with E-state index in [1.165, 1.54) is 0 Å². The number of rotatable bonds is 1. The second-order valence-corrected chi connectivity index (χ2v) is 8.50. The minimum Gasteiger partial charge on any atom is -0.345 e. The zero-order valence-corrected chi connectivity index (χ0v) is 16.6. The summed E-state index contributed by atoms with van der Waals surface area (Å²) in [7, 11) is 1.85. The topological polar surface area (TPSA) is 73.0 Å². The molecule has 3 aliphatic heterocycles. The number of nitrogens with one attached hydrogen (secondary N) is 1. The van der Waals surface area contributed by atoms with E-state index in [2.05, 4.69) is 5.32 Å². The van der Waals surface area contributed by atoms with Gasteiger partial charge in [0.1, 0.15) is 0 Å². The van der Waals surface area contributed by atoms with Crippen molar-refractivity contribution in [3.8, 4) is 0 Å². The zero-order chi connectivity index (χ0) is 19.9. The molecule has 0 radical (unpaired) electrons. The highest BCUT2D eigenvalue weighted by Gasteiger charge is 2.65. The molecule has 4 amide bonds. The fourth-order valence-corrected chi connectivity index (χ4v) is 5.36. The van der Waals surface area contributed by atoms with Crippen molar-refractivity contribution in [3.05, 3.63) is 30.3 Å². The zero-order valence-electron chi connectivity index (χ0n) is 16.6. The second kappa shape index (κ2) is 6.79. The van der Waals surface area contributed by atoms with E-state index in [0.29, 0.717) is 26.2 Å². The van der Waals surface area contributed by atoms with Gasteiger partial charge >= 0.3 is 6.03 Å². The van der Waals surface area contributed by atoms with Crippen molar-refractivity contribution in [2.45, 2.75) is 26.2 Å². The normalized spacial score (nSPS) is 26.4. The van der Waals surface area contributed by atoms with Crippen LogP contribution < -0.4 is 5.32 Å². The van der Waals surface area contributed by atoms with Crippen LogP contribution in [-0.4, -0.2) is 72.3 Å². The summed E-state index contributed by atoms with van der Waals surface area (Å²) < 4.78 is 0. The Morgan fingerprint density at radius 3 is 2.21 bits per heavy atom. The lowest BCUT2D eigenvalue weighted by atomic mass is 9.60. The molecule has 7 heteroatoms. The maximum atomic E-state index is 13.1. The lowest BCUT2D eigenvalue weighted by molar-refractivity contribution is -0.141. The van der Waals surface area contributed by atoms with Crippen LogP contribution in [-0.2, 0) is 9.59 Å². The lowest BCUT2D eigenvalue weighted by Gasteiger charge is -2.46. The van der Waals surface area contributed by atoms with E-state index in [-0.39, 0.29) is 23.3 Å². The van der Waals surface area contributed by atoms with Gasteiger partial charge < -0.3 is 20.0 Å². The number of piperidine rings is 1. The van der Waals surface area contributed by atoms with Crippen LogP contribution in [0.15, 0.2) is 30.3 Å². The van der Waals surface area contributed by atoms with Crippen molar-refractivity contribution in [1.82, 2.24) is 14.7 Å². The molecule has 2 spiro atoms. The second-order valence-electron chi connectivity index (χ2n) is 8.50. The third-order valence-corrected chi connectivity index (χ3v) is 7.08. The predicted octanol–water partition coefficient (Wildman–Crippen LogP) is 2.01. The first kappa shape index (κ1) is 18.8. The molecular formula is C21H28N4O3. The van der Waals surface area contributed by atoms with Gasteiger partial charge in [0.05, 0.1) is 5.41 Å². The fraction of sp³-hybridized carbons (Fsp3) is 0.571. The summed E-state index contributed by atoms with van der Waals surface area (Å²) in [5, 5.41) is 2.94. The van der Waals surface area contributed by atoms with Gasteiger partial charge in [0, 0.05) is 57.8 Å². The number of carbonyl (C=O) groups is 3. The Kier molecular flexibility index (Phi) is 4.56. The number of para-hydroxylation sites is 1. The van der Waals surface area contributed by atoms with Gasteiger partial charge in [-0.25, -0.2) is 4.79 Å². The molecule has 3 fully saturated rings. The number of fused-ring (bicyclic) bond motifs is 1. The average Bonchev–Trinajstić information content (AvgIpc) is 3.16. The van der Waals surface area contributed by atoms with Crippen molar-refractivity contribution in [3.63, 3.8) is 0 Å². The number of hydrogen-bond acceptors (Lipinski definition) is 3. The predicted molar refractivity (Wildman–Crippen MR) is 106 cm³/mol. The first-order valence-electron chi connectivity index (χ1n) is 9.99. The molecule has 150 valence electrons. The molecule has 3 aliphatic rings. The van der Waals surface area contributed by atoms with Gasteiger partial charge in [-0.05, 0) is 31.4 Å². The summed E-state index contributed by atoms with van der Waals surface area (Å²) in [5.41, 5.74) is 0.0555. The van der Waals surface area contributed by atoms with Gasteiger partial charge in [0.2, 0.25) is 11.8 Å². The van der Waals surface area contributed by atoms with Crippen molar-refractivity contribution in [2.24, 2.45) is 10.8 Å². The van der Waals surface area contributed by atoms with E-state index in [4.69, 9.17) is 0 Å². The van der Waals surface area contributed by atoms with E-state index in [9.17, 15) is 14.4 Å².